The molecule has 3 unspecified atom stereocenters. The third kappa shape index (κ3) is 4.53. The monoisotopic (exact) mass is 223 g/mol. The first-order valence-electron chi connectivity index (χ1n) is 6.79. The molecule has 1 aliphatic carbocycles. The molecule has 0 aliphatic heterocycles. The Hall–Kier alpha value is -0.550. The molecule has 0 radical (unpaired) electrons. The molecule has 92 valence electrons. The molecule has 0 aromatic carbocycles. The minimum atomic E-state index is 0.141. The smallest absolute Gasteiger partial charge is 0.0735 e. The van der Waals surface area contributed by atoms with Crippen molar-refractivity contribution in [2.45, 2.75) is 64.9 Å². The molecule has 16 heavy (non-hydrogen) atoms. The standard InChI is InChI=1S/C14H25NO/c1-3-4-5-6-9-16-14-10-12(2)7-8-13(14)11-15/h12-14H,3-10H2,1-2H3. The van der Waals surface area contributed by atoms with Crippen LogP contribution in [0.25, 0.3) is 0 Å². The van der Waals surface area contributed by atoms with Crippen molar-refractivity contribution in [3.05, 3.63) is 0 Å². The minimum Gasteiger partial charge on any atom is -0.377 e. The Balaban J connectivity index is 2.19. The van der Waals surface area contributed by atoms with E-state index in [1.807, 2.05) is 0 Å². The summed E-state index contributed by atoms with van der Waals surface area (Å²) in [6, 6.07) is 2.40. The van der Waals surface area contributed by atoms with Gasteiger partial charge in [-0.3, -0.25) is 0 Å². The van der Waals surface area contributed by atoms with Crippen molar-refractivity contribution >= 4 is 0 Å². The van der Waals surface area contributed by atoms with E-state index in [4.69, 9.17) is 10.00 Å². The molecular weight excluding hydrogens is 198 g/mol. The number of rotatable bonds is 6. The molecule has 0 aromatic rings. The Kier molecular flexibility index (Phi) is 6.49. The van der Waals surface area contributed by atoms with Crippen molar-refractivity contribution in [1.82, 2.24) is 0 Å². The predicted molar refractivity (Wildman–Crippen MR) is 66.0 cm³/mol. The highest BCUT2D eigenvalue weighted by atomic mass is 16.5. The van der Waals surface area contributed by atoms with Crippen LogP contribution in [0.4, 0.5) is 0 Å². The SMILES string of the molecule is CCCCCCOC1CC(C)CCC1C#N. The molecular formula is C14H25NO. The van der Waals surface area contributed by atoms with E-state index < -0.39 is 0 Å². The van der Waals surface area contributed by atoms with Crippen molar-refractivity contribution < 1.29 is 4.74 Å². The van der Waals surface area contributed by atoms with E-state index in [0.717, 1.165) is 31.8 Å². The Bertz CT molecular complexity index is 221. The normalized spacial score (nSPS) is 29.9. The van der Waals surface area contributed by atoms with Gasteiger partial charge in [0.1, 0.15) is 0 Å². The fourth-order valence-electron chi connectivity index (χ4n) is 2.42. The molecule has 1 saturated carbocycles. The average molecular weight is 223 g/mol. The maximum atomic E-state index is 9.06. The van der Waals surface area contributed by atoms with Crippen LogP contribution in [0.1, 0.15) is 58.8 Å². The first-order chi connectivity index (χ1) is 7.77. The van der Waals surface area contributed by atoms with Crippen molar-refractivity contribution in [2.75, 3.05) is 6.61 Å². The van der Waals surface area contributed by atoms with Gasteiger partial charge in [-0.1, -0.05) is 33.1 Å². The molecule has 0 heterocycles. The van der Waals surface area contributed by atoms with Gasteiger partial charge in [-0.05, 0) is 31.6 Å². The maximum absolute atomic E-state index is 9.06. The van der Waals surface area contributed by atoms with Gasteiger partial charge in [-0.25, -0.2) is 0 Å². The second kappa shape index (κ2) is 7.68. The number of nitrogens with zero attached hydrogens (tertiary/aromatic N) is 1. The molecule has 0 aromatic heterocycles. The molecule has 0 amide bonds. The van der Waals surface area contributed by atoms with E-state index in [1.54, 1.807) is 0 Å². The van der Waals surface area contributed by atoms with Gasteiger partial charge in [-0.2, -0.15) is 5.26 Å². The highest BCUT2D eigenvalue weighted by Crippen LogP contribution is 2.30. The Morgan fingerprint density at radius 3 is 2.75 bits per heavy atom. The third-order valence-corrected chi connectivity index (χ3v) is 3.55. The van der Waals surface area contributed by atoms with Gasteiger partial charge in [0.15, 0.2) is 0 Å². The van der Waals surface area contributed by atoms with Crippen molar-refractivity contribution in [3.8, 4) is 6.07 Å². The lowest BCUT2D eigenvalue weighted by molar-refractivity contribution is -0.00859. The summed E-state index contributed by atoms with van der Waals surface area (Å²) < 4.78 is 5.88. The summed E-state index contributed by atoms with van der Waals surface area (Å²) in [5, 5.41) is 9.06. The highest BCUT2D eigenvalue weighted by Gasteiger charge is 2.28. The van der Waals surface area contributed by atoms with E-state index in [2.05, 4.69) is 19.9 Å². The fraction of sp³-hybridized carbons (Fsp3) is 0.929. The predicted octanol–water partition coefficient (Wildman–Crippen LogP) is 3.91. The highest BCUT2D eigenvalue weighted by molar-refractivity contribution is 4.93. The van der Waals surface area contributed by atoms with Gasteiger partial charge in [0.05, 0.1) is 18.1 Å². The van der Waals surface area contributed by atoms with Gasteiger partial charge in [0.25, 0.3) is 0 Å². The summed E-state index contributed by atoms with van der Waals surface area (Å²) in [5.41, 5.74) is 0. The fourth-order valence-corrected chi connectivity index (χ4v) is 2.42. The van der Waals surface area contributed by atoms with Gasteiger partial charge in [-0.15, -0.1) is 0 Å². The van der Waals surface area contributed by atoms with E-state index >= 15 is 0 Å². The lowest BCUT2D eigenvalue weighted by Gasteiger charge is -2.30. The Labute approximate surface area is 100.0 Å². The first-order valence-corrected chi connectivity index (χ1v) is 6.79. The summed E-state index contributed by atoms with van der Waals surface area (Å²) >= 11 is 0. The van der Waals surface area contributed by atoms with E-state index in [1.165, 1.54) is 25.7 Å². The number of hydrogen-bond acceptors (Lipinski definition) is 2. The van der Waals surface area contributed by atoms with Crippen LogP contribution in [0.3, 0.4) is 0 Å². The zero-order valence-corrected chi connectivity index (χ0v) is 10.7. The van der Waals surface area contributed by atoms with Crippen LogP contribution in [-0.4, -0.2) is 12.7 Å². The zero-order chi connectivity index (χ0) is 11.8. The van der Waals surface area contributed by atoms with Crippen LogP contribution in [0, 0.1) is 23.2 Å². The molecule has 3 atom stereocenters. The maximum Gasteiger partial charge on any atom is 0.0735 e. The van der Waals surface area contributed by atoms with Crippen LogP contribution in [0.2, 0.25) is 0 Å². The first kappa shape index (κ1) is 13.5. The largest absolute Gasteiger partial charge is 0.377 e. The Morgan fingerprint density at radius 1 is 1.25 bits per heavy atom. The van der Waals surface area contributed by atoms with Crippen molar-refractivity contribution in [1.29, 1.82) is 5.26 Å². The summed E-state index contributed by atoms with van der Waals surface area (Å²) in [6.45, 7) is 5.33. The second-order valence-corrected chi connectivity index (χ2v) is 5.12. The second-order valence-electron chi connectivity index (χ2n) is 5.12. The summed E-state index contributed by atoms with van der Waals surface area (Å²) in [7, 11) is 0. The molecule has 0 saturated heterocycles. The van der Waals surface area contributed by atoms with Gasteiger partial charge < -0.3 is 4.74 Å². The van der Waals surface area contributed by atoms with E-state index in [9.17, 15) is 0 Å². The zero-order valence-electron chi connectivity index (χ0n) is 10.7. The molecule has 1 rings (SSSR count). The minimum absolute atomic E-state index is 0.141. The van der Waals surface area contributed by atoms with E-state index in [-0.39, 0.29) is 12.0 Å². The summed E-state index contributed by atoms with van der Waals surface area (Å²) in [5.74, 6) is 0.868. The van der Waals surface area contributed by atoms with Crippen LogP contribution in [-0.2, 0) is 4.74 Å². The molecule has 2 heteroatoms. The summed E-state index contributed by atoms with van der Waals surface area (Å²) in [4.78, 5) is 0. The lowest BCUT2D eigenvalue weighted by Crippen LogP contribution is -2.30. The lowest BCUT2D eigenvalue weighted by atomic mass is 9.81. The molecule has 0 N–H and O–H groups in total. The molecule has 2 nitrogen and oxygen atoms in total. The van der Waals surface area contributed by atoms with Crippen molar-refractivity contribution in [3.63, 3.8) is 0 Å². The van der Waals surface area contributed by atoms with Crippen LogP contribution >= 0.6 is 0 Å². The average Bonchev–Trinajstić information content (AvgIpc) is 2.29. The van der Waals surface area contributed by atoms with Gasteiger partial charge in [0, 0.05) is 6.61 Å². The molecule has 1 aliphatic rings. The number of nitriles is 1. The van der Waals surface area contributed by atoms with Gasteiger partial charge >= 0.3 is 0 Å². The topological polar surface area (TPSA) is 33.0 Å². The van der Waals surface area contributed by atoms with Crippen LogP contribution in [0.5, 0.6) is 0 Å². The van der Waals surface area contributed by atoms with Crippen molar-refractivity contribution in [2.24, 2.45) is 11.8 Å². The van der Waals surface area contributed by atoms with Crippen LogP contribution < -0.4 is 0 Å². The van der Waals surface area contributed by atoms with Gasteiger partial charge in [0.2, 0.25) is 0 Å². The molecule has 0 bridgehead atoms. The Morgan fingerprint density at radius 2 is 2.06 bits per heavy atom. The third-order valence-electron chi connectivity index (χ3n) is 3.55. The molecule has 0 spiro atoms. The number of hydrogen-bond donors (Lipinski definition) is 0. The quantitative estimate of drug-likeness (QED) is 0.639. The number of unbranched alkanes of at least 4 members (excludes halogenated alkanes) is 3. The number of ether oxygens (including phenoxy) is 1. The summed E-state index contributed by atoms with van der Waals surface area (Å²) in [6.07, 6.45) is 8.47. The van der Waals surface area contributed by atoms with Crippen LogP contribution in [0.15, 0.2) is 0 Å². The van der Waals surface area contributed by atoms with E-state index in [0.29, 0.717) is 0 Å². The molecule has 1 fully saturated rings.